The van der Waals surface area contributed by atoms with Crippen molar-refractivity contribution < 1.29 is 4.79 Å². The Labute approximate surface area is 80.9 Å². The number of hydrogen-bond acceptors (Lipinski definition) is 1. The van der Waals surface area contributed by atoms with E-state index in [4.69, 9.17) is 0 Å². The Morgan fingerprint density at radius 2 is 2.17 bits per heavy atom. The standard InChI is InChI=1S/C10H11BrO/c1-7-5-9(11)3-4-10(7)8(2)6-12/h3-6,8H,1-2H3/t8-/m0/s1. The van der Waals surface area contributed by atoms with E-state index in [0.717, 1.165) is 21.9 Å². The molecule has 1 aromatic rings. The molecule has 1 rings (SSSR count). The van der Waals surface area contributed by atoms with Crippen LogP contribution in [0.3, 0.4) is 0 Å². The topological polar surface area (TPSA) is 17.1 Å². The van der Waals surface area contributed by atoms with E-state index in [1.807, 2.05) is 32.0 Å². The molecule has 0 heterocycles. The summed E-state index contributed by atoms with van der Waals surface area (Å²) < 4.78 is 1.06. The van der Waals surface area contributed by atoms with Crippen molar-refractivity contribution >= 4 is 22.2 Å². The Morgan fingerprint density at radius 1 is 1.50 bits per heavy atom. The summed E-state index contributed by atoms with van der Waals surface area (Å²) in [7, 11) is 0. The Balaban J connectivity index is 3.09. The lowest BCUT2D eigenvalue weighted by atomic mass is 9.98. The van der Waals surface area contributed by atoms with Gasteiger partial charge in [0.1, 0.15) is 6.29 Å². The number of halogens is 1. The molecule has 0 fully saturated rings. The minimum atomic E-state index is -0.00176. The van der Waals surface area contributed by atoms with Crippen LogP contribution in [0.4, 0.5) is 0 Å². The molecule has 0 amide bonds. The van der Waals surface area contributed by atoms with Gasteiger partial charge in [0, 0.05) is 10.4 Å². The zero-order chi connectivity index (χ0) is 9.14. The molecule has 12 heavy (non-hydrogen) atoms. The fourth-order valence-electron chi connectivity index (χ4n) is 1.22. The number of carbonyl (C=O) groups is 1. The number of aldehydes is 1. The Kier molecular flexibility index (Phi) is 3.04. The molecule has 0 bridgehead atoms. The summed E-state index contributed by atoms with van der Waals surface area (Å²) >= 11 is 3.38. The lowest BCUT2D eigenvalue weighted by molar-refractivity contribution is -0.108. The van der Waals surface area contributed by atoms with Crippen LogP contribution in [0.1, 0.15) is 24.0 Å². The van der Waals surface area contributed by atoms with Gasteiger partial charge in [0.05, 0.1) is 0 Å². The predicted octanol–water partition coefficient (Wildman–Crippen LogP) is 3.06. The lowest BCUT2D eigenvalue weighted by Gasteiger charge is -2.07. The average molecular weight is 227 g/mol. The molecule has 2 heteroatoms. The Morgan fingerprint density at radius 3 is 2.67 bits per heavy atom. The summed E-state index contributed by atoms with van der Waals surface area (Å²) in [5.74, 6) is -0.00176. The highest BCUT2D eigenvalue weighted by atomic mass is 79.9. The largest absolute Gasteiger partial charge is 0.303 e. The molecule has 1 atom stereocenters. The van der Waals surface area contributed by atoms with Gasteiger partial charge in [-0.3, -0.25) is 0 Å². The molecular weight excluding hydrogens is 216 g/mol. The van der Waals surface area contributed by atoms with Crippen LogP contribution in [0.15, 0.2) is 22.7 Å². The Hall–Kier alpha value is -0.630. The van der Waals surface area contributed by atoms with E-state index >= 15 is 0 Å². The van der Waals surface area contributed by atoms with E-state index in [9.17, 15) is 4.79 Å². The first-order chi connectivity index (χ1) is 5.65. The zero-order valence-electron chi connectivity index (χ0n) is 7.17. The quantitative estimate of drug-likeness (QED) is 0.709. The van der Waals surface area contributed by atoms with E-state index in [-0.39, 0.29) is 5.92 Å². The highest BCUT2D eigenvalue weighted by molar-refractivity contribution is 9.10. The maximum Gasteiger partial charge on any atom is 0.127 e. The molecule has 1 nitrogen and oxygen atoms in total. The summed E-state index contributed by atoms with van der Waals surface area (Å²) in [4.78, 5) is 10.5. The van der Waals surface area contributed by atoms with Gasteiger partial charge in [0.25, 0.3) is 0 Å². The molecule has 0 radical (unpaired) electrons. The average Bonchev–Trinajstić information content (AvgIpc) is 2.03. The SMILES string of the molecule is Cc1cc(Br)ccc1[C@@H](C)C=O. The third-order valence-electron chi connectivity index (χ3n) is 1.93. The van der Waals surface area contributed by atoms with Crippen molar-refractivity contribution in [2.45, 2.75) is 19.8 Å². The van der Waals surface area contributed by atoms with Gasteiger partial charge in [0.15, 0.2) is 0 Å². The van der Waals surface area contributed by atoms with Gasteiger partial charge in [-0.25, -0.2) is 0 Å². The molecule has 0 saturated carbocycles. The number of rotatable bonds is 2. The van der Waals surface area contributed by atoms with Crippen LogP contribution >= 0.6 is 15.9 Å². The van der Waals surface area contributed by atoms with Crippen molar-refractivity contribution in [1.82, 2.24) is 0 Å². The van der Waals surface area contributed by atoms with Gasteiger partial charge >= 0.3 is 0 Å². The smallest absolute Gasteiger partial charge is 0.127 e. The zero-order valence-corrected chi connectivity index (χ0v) is 8.76. The van der Waals surface area contributed by atoms with Crippen molar-refractivity contribution in [2.75, 3.05) is 0 Å². The number of hydrogen-bond donors (Lipinski definition) is 0. The summed E-state index contributed by atoms with van der Waals surface area (Å²) in [5.41, 5.74) is 2.26. The van der Waals surface area contributed by atoms with E-state index in [1.54, 1.807) is 0 Å². The number of carbonyl (C=O) groups excluding carboxylic acids is 1. The van der Waals surface area contributed by atoms with Crippen LogP contribution in [0, 0.1) is 6.92 Å². The molecule has 0 unspecified atom stereocenters. The van der Waals surface area contributed by atoms with Gasteiger partial charge in [-0.2, -0.15) is 0 Å². The molecule has 0 aliphatic rings. The lowest BCUT2D eigenvalue weighted by Crippen LogP contribution is -1.96. The summed E-state index contributed by atoms with van der Waals surface area (Å²) in [5, 5.41) is 0. The van der Waals surface area contributed by atoms with Crippen molar-refractivity contribution in [3.63, 3.8) is 0 Å². The second-order valence-electron chi connectivity index (χ2n) is 2.93. The molecule has 0 N–H and O–H groups in total. The summed E-state index contributed by atoms with van der Waals surface area (Å²) in [6, 6.07) is 5.97. The predicted molar refractivity (Wildman–Crippen MR) is 53.4 cm³/mol. The molecule has 64 valence electrons. The first-order valence-corrected chi connectivity index (χ1v) is 4.66. The van der Waals surface area contributed by atoms with Crippen LogP contribution < -0.4 is 0 Å². The van der Waals surface area contributed by atoms with Crippen LogP contribution in [0.5, 0.6) is 0 Å². The highest BCUT2D eigenvalue weighted by Crippen LogP contribution is 2.21. The van der Waals surface area contributed by atoms with E-state index < -0.39 is 0 Å². The van der Waals surface area contributed by atoms with Crippen LogP contribution in [-0.4, -0.2) is 6.29 Å². The van der Waals surface area contributed by atoms with Crippen LogP contribution in [-0.2, 0) is 4.79 Å². The van der Waals surface area contributed by atoms with Gasteiger partial charge in [-0.05, 0) is 30.2 Å². The van der Waals surface area contributed by atoms with Crippen molar-refractivity contribution in [1.29, 1.82) is 0 Å². The molecule has 0 spiro atoms. The fraction of sp³-hybridized carbons (Fsp3) is 0.300. The molecule has 0 aliphatic heterocycles. The second kappa shape index (κ2) is 3.85. The molecule has 0 aromatic heterocycles. The monoisotopic (exact) mass is 226 g/mol. The maximum atomic E-state index is 10.5. The van der Waals surface area contributed by atoms with Gasteiger partial charge in [0.2, 0.25) is 0 Å². The van der Waals surface area contributed by atoms with Crippen molar-refractivity contribution in [3.8, 4) is 0 Å². The maximum absolute atomic E-state index is 10.5. The van der Waals surface area contributed by atoms with Gasteiger partial charge in [-0.15, -0.1) is 0 Å². The van der Waals surface area contributed by atoms with E-state index in [1.165, 1.54) is 0 Å². The second-order valence-corrected chi connectivity index (χ2v) is 3.84. The van der Waals surface area contributed by atoms with E-state index in [2.05, 4.69) is 15.9 Å². The van der Waals surface area contributed by atoms with E-state index in [0.29, 0.717) is 0 Å². The highest BCUT2D eigenvalue weighted by Gasteiger charge is 2.06. The summed E-state index contributed by atoms with van der Waals surface area (Å²) in [6.45, 7) is 3.92. The summed E-state index contributed by atoms with van der Waals surface area (Å²) in [6.07, 6.45) is 0.968. The van der Waals surface area contributed by atoms with Crippen LogP contribution in [0.2, 0.25) is 0 Å². The third kappa shape index (κ3) is 1.95. The normalized spacial score (nSPS) is 12.6. The third-order valence-corrected chi connectivity index (χ3v) is 2.42. The Bertz CT molecular complexity index is 294. The first-order valence-electron chi connectivity index (χ1n) is 3.86. The number of benzene rings is 1. The molecule has 0 aliphatic carbocycles. The first kappa shape index (κ1) is 9.46. The molecule has 0 saturated heterocycles. The minimum Gasteiger partial charge on any atom is -0.303 e. The fourth-order valence-corrected chi connectivity index (χ4v) is 1.70. The van der Waals surface area contributed by atoms with Crippen molar-refractivity contribution in [2.24, 2.45) is 0 Å². The minimum absolute atomic E-state index is 0.00176. The van der Waals surface area contributed by atoms with Crippen molar-refractivity contribution in [3.05, 3.63) is 33.8 Å². The number of aryl methyl sites for hydroxylation is 1. The van der Waals surface area contributed by atoms with Gasteiger partial charge < -0.3 is 4.79 Å². The molecular formula is C10H11BrO. The van der Waals surface area contributed by atoms with Gasteiger partial charge in [-0.1, -0.05) is 28.9 Å². The van der Waals surface area contributed by atoms with Crippen LogP contribution in [0.25, 0.3) is 0 Å². The molecule has 1 aromatic carbocycles.